The van der Waals surface area contributed by atoms with Gasteiger partial charge in [-0.25, -0.2) is 17.8 Å². The molecule has 0 aliphatic carbocycles. The fourth-order valence-corrected chi connectivity index (χ4v) is 4.71. The molecule has 0 aliphatic heterocycles. The Kier molecular flexibility index (Phi) is 8.15. The highest BCUT2D eigenvalue weighted by Crippen LogP contribution is 2.21. The Morgan fingerprint density at radius 1 is 1.26 bits per heavy atom. The Morgan fingerprint density at radius 2 is 2.03 bits per heavy atom. The van der Waals surface area contributed by atoms with Gasteiger partial charge in [0.15, 0.2) is 0 Å². The minimum atomic E-state index is -3.84. The van der Waals surface area contributed by atoms with Crippen LogP contribution >= 0.6 is 11.6 Å². The summed E-state index contributed by atoms with van der Waals surface area (Å²) >= 11 is 5.94. The molecule has 2 heterocycles. The zero-order valence-corrected chi connectivity index (χ0v) is 20.2. The summed E-state index contributed by atoms with van der Waals surface area (Å²) in [5, 5.41) is 6.68. The van der Waals surface area contributed by atoms with Crippen molar-refractivity contribution >= 4 is 33.2 Å². The van der Waals surface area contributed by atoms with Gasteiger partial charge in [-0.05, 0) is 43.7 Å². The van der Waals surface area contributed by atoms with Gasteiger partial charge in [0.2, 0.25) is 15.9 Å². The molecular weight excluding hydrogens is 480 g/mol. The lowest BCUT2D eigenvalue weighted by atomic mass is 10.2. The molecule has 0 fully saturated rings. The number of nitrogens with two attached hydrogens (primary N) is 1. The van der Waals surface area contributed by atoms with E-state index in [0.717, 1.165) is 10.4 Å². The molecule has 1 unspecified atom stereocenters. The summed E-state index contributed by atoms with van der Waals surface area (Å²) < 4.78 is 29.3. The molecule has 0 bridgehead atoms. The molecule has 0 radical (unpaired) electrons. The Labute approximate surface area is 202 Å². The number of pyridine rings is 1. The van der Waals surface area contributed by atoms with Crippen molar-refractivity contribution in [1.29, 1.82) is 0 Å². The second-order valence-corrected chi connectivity index (χ2v) is 9.68. The van der Waals surface area contributed by atoms with Gasteiger partial charge in [-0.2, -0.15) is 5.10 Å². The third-order valence-corrected chi connectivity index (χ3v) is 7.07. The largest absolute Gasteiger partial charge is 0.326 e. The molecule has 4 N–H and O–H groups in total. The average molecular weight is 505 g/mol. The van der Waals surface area contributed by atoms with Crippen molar-refractivity contribution in [2.45, 2.75) is 37.8 Å². The van der Waals surface area contributed by atoms with E-state index < -0.39 is 27.5 Å². The van der Waals surface area contributed by atoms with Crippen molar-refractivity contribution in [3.8, 4) is 0 Å². The van der Waals surface area contributed by atoms with E-state index in [0.29, 0.717) is 12.0 Å². The van der Waals surface area contributed by atoms with Gasteiger partial charge in [0, 0.05) is 37.1 Å². The highest BCUT2D eigenvalue weighted by atomic mass is 35.5. The van der Waals surface area contributed by atoms with Gasteiger partial charge in [0.05, 0.1) is 21.7 Å². The van der Waals surface area contributed by atoms with Gasteiger partial charge in [-0.3, -0.25) is 14.6 Å². The van der Waals surface area contributed by atoms with Crippen molar-refractivity contribution in [2.75, 3.05) is 11.9 Å². The SMILES string of the molecule is Cc1ccc(NC(=O)C(C)n2ncc(Cl)c(CN)c2=O)cc1S(=O)(=O)NCCc1ccccn1. The van der Waals surface area contributed by atoms with Crippen LogP contribution in [0.5, 0.6) is 0 Å². The maximum absolute atomic E-state index is 12.9. The number of aryl methyl sites for hydroxylation is 1. The normalized spacial score (nSPS) is 12.4. The van der Waals surface area contributed by atoms with Gasteiger partial charge in [-0.1, -0.05) is 23.7 Å². The van der Waals surface area contributed by atoms with E-state index in [9.17, 15) is 18.0 Å². The van der Waals surface area contributed by atoms with E-state index in [1.54, 1.807) is 31.3 Å². The molecule has 1 atom stereocenters. The van der Waals surface area contributed by atoms with Crippen LogP contribution in [0.4, 0.5) is 5.69 Å². The Bertz CT molecular complexity index is 1350. The van der Waals surface area contributed by atoms with Gasteiger partial charge in [0.25, 0.3) is 5.56 Å². The quantitative estimate of drug-likeness (QED) is 0.402. The first-order valence-corrected chi connectivity index (χ1v) is 12.3. The lowest BCUT2D eigenvalue weighted by Crippen LogP contribution is -2.35. The zero-order valence-electron chi connectivity index (χ0n) is 18.7. The van der Waals surface area contributed by atoms with Gasteiger partial charge in [-0.15, -0.1) is 0 Å². The van der Waals surface area contributed by atoms with Crippen molar-refractivity contribution in [2.24, 2.45) is 5.73 Å². The van der Waals surface area contributed by atoms with Crippen LogP contribution < -0.4 is 21.3 Å². The Balaban J connectivity index is 1.75. The summed E-state index contributed by atoms with van der Waals surface area (Å²) in [6.07, 6.45) is 3.33. The summed E-state index contributed by atoms with van der Waals surface area (Å²) in [5.41, 5.74) is 6.69. The van der Waals surface area contributed by atoms with Crippen LogP contribution in [0.2, 0.25) is 5.02 Å². The number of anilines is 1. The lowest BCUT2D eigenvalue weighted by Gasteiger charge is -2.16. The fraction of sp³-hybridized carbons (Fsp3) is 0.273. The van der Waals surface area contributed by atoms with E-state index >= 15 is 0 Å². The van der Waals surface area contributed by atoms with Crippen LogP contribution in [-0.2, 0) is 27.8 Å². The van der Waals surface area contributed by atoms with Crippen LogP contribution in [0.15, 0.2) is 58.5 Å². The number of amides is 1. The molecule has 10 nitrogen and oxygen atoms in total. The van der Waals surface area contributed by atoms with E-state index in [1.165, 1.54) is 19.2 Å². The minimum absolute atomic E-state index is 0.0335. The van der Waals surface area contributed by atoms with Crippen molar-refractivity contribution in [3.05, 3.63) is 81.0 Å². The molecule has 1 amide bonds. The molecule has 0 spiro atoms. The van der Waals surface area contributed by atoms with Crippen LogP contribution in [-0.4, -0.2) is 35.6 Å². The number of carbonyl (C=O) groups is 1. The number of carbonyl (C=O) groups excluding carboxylic acids is 1. The first kappa shape index (κ1) is 25.5. The molecule has 3 rings (SSSR count). The summed E-state index contributed by atoms with van der Waals surface area (Å²) in [7, 11) is -3.84. The number of rotatable bonds is 9. The number of nitrogens with zero attached hydrogens (tertiary/aromatic N) is 3. The summed E-state index contributed by atoms with van der Waals surface area (Å²) in [5.74, 6) is -0.560. The molecule has 3 aromatic rings. The first-order valence-electron chi connectivity index (χ1n) is 10.4. The van der Waals surface area contributed by atoms with E-state index in [4.69, 9.17) is 17.3 Å². The second-order valence-electron chi connectivity index (χ2n) is 7.54. The molecule has 0 aliphatic rings. The third kappa shape index (κ3) is 5.86. The second kappa shape index (κ2) is 10.9. The monoisotopic (exact) mass is 504 g/mol. The van der Waals surface area contributed by atoms with Gasteiger partial charge in [0.1, 0.15) is 6.04 Å². The summed E-state index contributed by atoms with van der Waals surface area (Å²) in [6.45, 7) is 3.22. The maximum Gasteiger partial charge on any atom is 0.273 e. The number of nitrogens with one attached hydrogen (secondary N) is 2. The number of hydrogen-bond donors (Lipinski definition) is 3. The topological polar surface area (TPSA) is 149 Å². The smallest absolute Gasteiger partial charge is 0.273 e. The Morgan fingerprint density at radius 3 is 2.71 bits per heavy atom. The minimum Gasteiger partial charge on any atom is -0.326 e. The molecule has 12 heteroatoms. The van der Waals surface area contributed by atoms with Crippen molar-refractivity contribution in [1.82, 2.24) is 19.5 Å². The average Bonchev–Trinajstić information content (AvgIpc) is 2.80. The van der Waals surface area contributed by atoms with Crippen LogP contribution in [0.3, 0.4) is 0 Å². The fourth-order valence-electron chi connectivity index (χ4n) is 3.21. The number of benzene rings is 1. The standard InChI is InChI=1S/C22H25ClN6O4S/c1-14-6-7-17(11-20(14)34(32,33)27-10-8-16-5-3-4-9-25-16)28-21(30)15(2)29-22(31)18(12-24)19(23)13-26-29/h3-7,9,11,13,15,27H,8,10,12,24H2,1-2H3,(H,28,30). The number of hydrogen-bond acceptors (Lipinski definition) is 7. The maximum atomic E-state index is 12.9. The lowest BCUT2D eigenvalue weighted by molar-refractivity contribution is -0.119. The molecule has 1 aromatic carbocycles. The molecular formula is C22H25ClN6O4S. The van der Waals surface area contributed by atoms with Crippen LogP contribution in [0, 0.1) is 6.92 Å². The predicted octanol–water partition coefficient (Wildman–Crippen LogP) is 1.78. The van der Waals surface area contributed by atoms with E-state index in [2.05, 4.69) is 20.1 Å². The Hall–Kier alpha value is -3.12. The number of halogens is 1. The van der Waals surface area contributed by atoms with Crippen molar-refractivity contribution in [3.63, 3.8) is 0 Å². The molecule has 180 valence electrons. The van der Waals surface area contributed by atoms with E-state index in [1.807, 2.05) is 12.1 Å². The van der Waals surface area contributed by atoms with Crippen molar-refractivity contribution < 1.29 is 13.2 Å². The molecule has 0 saturated heterocycles. The number of aromatic nitrogens is 3. The highest BCUT2D eigenvalue weighted by molar-refractivity contribution is 7.89. The predicted molar refractivity (Wildman–Crippen MR) is 129 cm³/mol. The van der Waals surface area contributed by atoms with Gasteiger partial charge >= 0.3 is 0 Å². The number of sulfonamides is 1. The molecule has 34 heavy (non-hydrogen) atoms. The van der Waals surface area contributed by atoms with E-state index in [-0.39, 0.29) is 34.3 Å². The summed E-state index contributed by atoms with van der Waals surface area (Å²) in [6, 6.07) is 8.98. The van der Waals surface area contributed by atoms with Gasteiger partial charge < -0.3 is 11.1 Å². The molecule has 0 saturated carbocycles. The molecule has 2 aromatic heterocycles. The van der Waals surface area contributed by atoms with Crippen LogP contribution in [0.25, 0.3) is 0 Å². The summed E-state index contributed by atoms with van der Waals surface area (Å²) in [4.78, 5) is 29.5. The third-order valence-electron chi connectivity index (χ3n) is 5.15. The van der Waals surface area contributed by atoms with Crippen LogP contribution in [0.1, 0.15) is 29.8 Å². The zero-order chi connectivity index (χ0) is 24.9. The highest BCUT2D eigenvalue weighted by Gasteiger charge is 2.22. The first-order chi connectivity index (χ1) is 16.1.